The highest BCUT2D eigenvalue weighted by Crippen LogP contribution is 2.25. The Labute approximate surface area is 153 Å². The fourth-order valence-corrected chi connectivity index (χ4v) is 3.37. The molecule has 0 unspecified atom stereocenters. The zero-order valence-electron chi connectivity index (χ0n) is 14.3. The molecule has 3 rings (SSSR count). The highest BCUT2D eigenvalue weighted by molar-refractivity contribution is 6.33. The van der Waals surface area contributed by atoms with Crippen LogP contribution in [0.5, 0.6) is 5.75 Å². The summed E-state index contributed by atoms with van der Waals surface area (Å²) in [5.74, 6) is 0.681. The monoisotopic (exact) mass is 360 g/mol. The fraction of sp³-hybridized carbons (Fsp3) is 0.316. The highest BCUT2D eigenvalue weighted by atomic mass is 35.5. The van der Waals surface area contributed by atoms with Crippen molar-refractivity contribution in [1.29, 1.82) is 0 Å². The van der Waals surface area contributed by atoms with Gasteiger partial charge in [0.15, 0.2) is 6.54 Å². The first-order valence-electron chi connectivity index (χ1n) is 8.43. The molecule has 25 heavy (non-hydrogen) atoms. The number of quaternary nitrogens is 1. The number of halogens is 1. The highest BCUT2D eigenvalue weighted by Gasteiger charge is 2.23. The molecular formula is C19H23ClN3O2+. The summed E-state index contributed by atoms with van der Waals surface area (Å²) >= 11 is 6.27. The molecule has 2 aromatic rings. The van der Waals surface area contributed by atoms with E-state index in [0.29, 0.717) is 18.0 Å². The Morgan fingerprint density at radius 2 is 1.84 bits per heavy atom. The van der Waals surface area contributed by atoms with Gasteiger partial charge in [-0.3, -0.25) is 4.79 Å². The molecule has 1 heterocycles. The SMILES string of the molecule is COc1ccccc1NC(=O)C[NH+]1CCN(c2ccccc2Cl)CC1. The summed E-state index contributed by atoms with van der Waals surface area (Å²) in [6.07, 6.45) is 0. The van der Waals surface area contributed by atoms with Crippen LogP contribution < -0.4 is 19.9 Å². The van der Waals surface area contributed by atoms with Gasteiger partial charge in [-0.25, -0.2) is 0 Å². The van der Waals surface area contributed by atoms with Crippen molar-refractivity contribution >= 4 is 28.9 Å². The van der Waals surface area contributed by atoms with E-state index in [1.54, 1.807) is 7.11 Å². The number of ether oxygens (including phenoxy) is 1. The van der Waals surface area contributed by atoms with Crippen molar-refractivity contribution in [3.8, 4) is 5.75 Å². The van der Waals surface area contributed by atoms with Crippen LogP contribution >= 0.6 is 11.6 Å². The Morgan fingerprint density at radius 1 is 1.16 bits per heavy atom. The Kier molecular flexibility index (Phi) is 5.79. The van der Waals surface area contributed by atoms with Gasteiger partial charge in [-0.05, 0) is 24.3 Å². The molecule has 1 saturated heterocycles. The Morgan fingerprint density at radius 3 is 2.56 bits per heavy atom. The minimum Gasteiger partial charge on any atom is -0.495 e. The average molecular weight is 361 g/mol. The molecule has 1 aliphatic rings. The van der Waals surface area contributed by atoms with Crippen molar-refractivity contribution in [3.63, 3.8) is 0 Å². The molecule has 0 atom stereocenters. The van der Waals surface area contributed by atoms with Crippen LogP contribution in [-0.2, 0) is 4.79 Å². The summed E-state index contributed by atoms with van der Waals surface area (Å²) in [4.78, 5) is 15.9. The molecule has 0 aromatic heterocycles. The summed E-state index contributed by atoms with van der Waals surface area (Å²) in [6, 6.07) is 15.3. The van der Waals surface area contributed by atoms with Crippen molar-refractivity contribution < 1.29 is 14.4 Å². The summed E-state index contributed by atoms with van der Waals surface area (Å²) < 4.78 is 5.27. The molecule has 1 fully saturated rings. The van der Waals surface area contributed by atoms with E-state index in [1.165, 1.54) is 4.90 Å². The number of methoxy groups -OCH3 is 1. The largest absolute Gasteiger partial charge is 0.495 e. The lowest BCUT2D eigenvalue weighted by Crippen LogP contribution is -3.15. The van der Waals surface area contributed by atoms with Gasteiger partial charge in [0.2, 0.25) is 0 Å². The number of para-hydroxylation sites is 3. The van der Waals surface area contributed by atoms with E-state index in [-0.39, 0.29) is 5.91 Å². The normalized spacial score (nSPS) is 15.0. The maximum absolute atomic E-state index is 12.3. The van der Waals surface area contributed by atoms with Gasteiger partial charge in [-0.15, -0.1) is 0 Å². The minimum atomic E-state index is 0.00527. The molecule has 5 nitrogen and oxygen atoms in total. The fourth-order valence-electron chi connectivity index (χ4n) is 3.12. The van der Waals surface area contributed by atoms with E-state index in [0.717, 1.165) is 36.9 Å². The molecule has 0 radical (unpaired) electrons. The van der Waals surface area contributed by atoms with Gasteiger partial charge >= 0.3 is 0 Å². The number of anilines is 2. The lowest BCUT2D eigenvalue weighted by molar-refractivity contribution is -0.892. The summed E-state index contributed by atoms with van der Waals surface area (Å²) in [5.41, 5.74) is 1.78. The van der Waals surface area contributed by atoms with Crippen LogP contribution in [-0.4, -0.2) is 45.7 Å². The second-order valence-corrected chi connectivity index (χ2v) is 6.52. The third kappa shape index (κ3) is 4.44. The quantitative estimate of drug-likeness (QED) is 0.853. The zero-order valence-corrected chi connectivity index (χ0v) is 15.1. The summed E-state index contributed by atoms with van der Waals surface area (Å²) in [7, 11) is 1.60. The van der Waals surface area contributed by atoms with Crippen LogP contribution in [0.2, 0.25) is 5.02 Å². The number of rotatable bonds is 5. The summed E-state index contributed by atoms with van der Waals surface area (Å²) in [5, 5.41) is 3.72. The molecule has 0 spiro atoms. The Balaban J connectivity index is 1.52. The van der Waals surface area contributed by atoms with Crippen molar-refractivity contribution in [3.05, 3.63) is 53.6 Å². The van der Waals surface area contributed by atoms with E-state index in [2.05, 4.69) is 10.2 Å². The van der Waals surface area contributed by atoms with Crippen LogP contribution in [0.1, 0.15) is 0 Å². The smallest absolute Gasteiger partial charge is 0.279 e. The van der Waals surface area contributed by atoms with Gasteiger partial charge in [0, 0.05) is 0 Å². The zero-order chi connectivity index (χ0) is 17.6. The minimum absolute atomic E-state index is 0.00527. The third-order valence-electron chi connectivity index (χ3n) is 4.46. The molecule has 0 saturated carbocycles. The van der Waals surface area contributed by atoms with E-state index < -0.39 is 0 Å². The number of amides is 1. The van der Waals surface area contributed by atoms with Gasteiger partial charge in [-0.2, -0.15) is 0 Å². The average Bonchev–Trinajstić information content (AvgIpc) is 2.63. The van der Waals surface area contributed by atoms with E-state index >= 15 is 0 Å². The summed E-state index contributed by atoms with van der Waals surface area (Å²) in [6.45, 7) is 4.05. The number of benzene rings is 2. The number of nitrogens with one attached hydrogen (secondary N) is 2. The van der Waals surface area contributed by atoms with Crippen LogP contribution in [0.25, 0.3) is 0 Å². The van der Waals surface area contributed by atoms with E-state index in [4.69, 9.17) is 16.3 Å². The maximum atomic E-state index is 12.3. The molecule has 2 aromatic carbocycles. The van der Waals surface area contributed by atoms with Gasteiger partial charge in [0.05, 0.1) is 49.7 Å². The molecule has 6 heteroatoms. The second kappa shape index (κ2) is 8.23. The molecule has 2 N–H and O–H groups in total. The predicted molar refractivity (Wildman–Crippen MR) is 101 cm³/mol. The van der Waals surface area contributed by atoms with Gasteiger partial charge < -0.3 is 19.9 Å². The van der Waals surface area contributed by atoms with Gasteiger partial charge in [0.25, 0.3) is 5.91 Å². The molecule has 1 aliphatic heterocycles. The standard InChI is InChI=1S/C19H22ClN3O2/c1-25-18-9-5-3-7-16(18)21-19(24)14-22-10-12-23(13-11-22)17-8-4-2-6-15(17)20/h2-9H,10-14H2,1H3,(H,21,24)/p+1. The van der Waals surface area contributed by atoms with E-state index in [9.17, 15) is 4.79 Å². The Hall–Kier alpha value is -2.24. The van der Waals surface area contributed by atoms with E-state index in [1.807, 2.05) is 48.5 Å². The van der Waals surface area contributed by atoms with Crippen molar-refractivity contribution in [2.24, 2.45) is 0 Å². The first-order chi connectivity index (χ1) is 12.2. The number of carbonyl (C=O) groups excluding carboxylic acids is 1. The molecule has 132 valence electrons. The Bertz CT molecular complexity index is 730. The molecule has 1 amide bonds. The van der Waals surface area contributed by atoms with Crippen LogP contribution in [0.3, 0.4) is 0 Å². The number of hydrogen-bond acceptors (Lipinski definition) is 3. The molecule has 0 aliphatic carbocycles. The van der Waals surface area contributed by atoms with Crippen molar-refractivity contribution in [2.45, 2.75) is 0 Å². The topological polar surface area (TPSA) is 46.0 Å². The second-order valence-electron chi connectivity index (χ2n) is 6.11. The van der Waals surface area contributed by atoms with Gasteiger partial charge in [0.1, 0.15) is 5.75 Å². The van der Waals surface area contributed by atoms with Crippen LogP contribution in [0, 0.1) is 0 Å². The van der Waals surface area contributed by atoms with Crippen LogP contribution in [0.4, 0.5) is 11.4 Å². The maximum Gasteiger partial charge on any atom is 0.279 e. The number of carbonyl (C=O) groups is 1. The third-order valence-corrected chi connectivity index (χ3v) is 4.77. The number of hydrogen-bond donors (Lipinski definition) is 2. The molecular weight excluding hydrogens is 338 g/mol. The number of piperazine rings is 1. The first-order valence-corrected chi connectivity index (χ1v) is 8.81. The van der Waals surface area contributed by atoms with Crippen LogP contribution in [0.15, 0.2) is 48.5 Å². The van der Waals surface area contributed by atoms with Crippen molar-refractivity contribution in [2.75, 3.05) is 50.1 Å². The number of nitrogens with zero attached hydrogens (tertiary/aromatic N) is 1. The molecule has 0 bridgehead atoms. The van der Waals surface area contributed by atoms with Crippen molar-refractivity contribution in [1.82, 2.24) is 0 Å². The lowest BCUT2D eigenvalue weighted by atomic mass is 10.2. The predicted octanol–water partition coefficient (Wildman–Crippen LogP) is 1.69. The van der Waals surface area contributed by atoms with Gasteiger partial charge in [-0.1, -0.05) is 35.9 Å². The first kappa shape index (κ1) is 17.6. The lowest BCUT2D eigenvalue weighted by Gasteiger charge is -2.33.